The Balaban J connectivity index is 2.30. The van der Waals surface area contributed by atoms with E-state index in [2.05, 4.69) is 25.7 Å². The minimum atomic E-state index is 0.420. The van der Waals surface area contributed by atoms with Gasteiger partial charge >= 0.3 is 0 Å². The molecule has 0 aliphatic carbocycles. The Morgan fingerprint density at radius 3 is 2.21 bits per heavy atom. The van der Waals surface area contributed by atoms with E-state index >= 15 is 0 Å². The summed E-state index contributed by atoms with van der Waals surface area (Å²) in [5, 5.41) is 0. The molecule has 1 aliphatic rings. The molecule has 0 amide bonds. The largest absolute Gasteiger partial charge is 0.330 e. The summed E-state index contributed by atoms with van der Waals surface area (Å²) in [5.74, 6) is 0.688. The van der Waals surface area contributed by atoms with Crippen molar-refractivity contribution in [2.45, 2.75) is 40.0 Å². The van der Waals surface area contributed by atoms with Crippen molar-refractivity contribution in [3.8, 4) is 0 Å². The smallest absolute Gasteiger partial charge is 0.00219 e. The van der Waals surface area contributed by atoms with Gasteiger partial charge in [-0.15, -0.1) is 0 Å². The molecule has 14 heavy (non-hydrogen) atoms. The van der Waals surface area contributed by atoms with Crippen LogP contribution in [0.1, 0.15) is 40.0 Å². The van der Waals surface area contributed by atoms with Crippen LogP contribution >= 0.6 is 0 Å². The molecule has 0 aromatic carbocycles. The van der Waals surface area contributed by atoms with Crippen molar-refractivity contribution in [2.75, 3.05) is 26.2 Å². The molecule has 1 heterocycles. The molecule has 0 aromatic heterocycles. The van der Waals surface area contributed by atoms with Crippen LogP contribution in [0.4, 0.5) is 0 Å². The van der Waals surface area contributed by atoms with Crippen molar-refractivity contribution in [2.24, 2.45) is 17.1 Å². The Morgan fingerprint density at radius 2 is 1.79 bits per heavy atom. The van der Waals surface area contributed by atoms with Crippen LogP contribution in [0.3, 0.4) is 0 Å². The van der Waals surface area contributed by atoms with Gasteiger partial charge in [-0.25, -0.2) is 0 Å². The Bertz CT molecular complexity index is 154. The van der Waals surface area contributed by atoms with Gasteiger partial charge in [0.2, 0.25) is 0 Å². The molecule has 2 N–H and O–H groups in total. The molecule has 2 nitrogen and oxygen atoms in total. The molecule has 0 radical (unpaired) electrons. The fourth-order valence-corrected chi connectivity index (χ4v) is 2.42. The monoisotopic (exact) mass is 198 g/mol. The van der Waals surface area contributed by atoms with Crippen LogP contribution in [-0.4, -0.2) is 31.1 Å². The van der Waals surface area contributed by atoms with Crippen LogP contribution in [0.2, 0.25) is 0 Å². The molecule has 2 heteroatoms. The van der Waals surface area contributed by atoms with Crippen LogP contribution in [0.15, 0.2) is 0 Å². The minimum absolute atomic E-state index is 0.420. The first-order valence-electron chi connectivity index (χ1n) is 5.94. The van der Waals surface area contributed by atoms with E-state index in [0.717, 1.165) is 6.54 Å². The minimum Gasteiger partial charge on any atom is -0.330 e. The molecule has 1 fully saturated rings. The second-order valence-electron chi connectivity index (χ2n) is 5.87. The van der Waals surface area contributed by atoms with E-state index < -0.39 is 0 Å². The summed E-state index contributed by atoms with van der Waals surface area (Å²) in [6.45, 7) is 11.6. The Kier molecular flexibility index (Phi) is 4.39. The number of nitrogens with zero attached hydrogens (tertiary/aromatic N) is 1. The lowest BCUT2D eigenvalue weighted by molar-refractivity contribution is 0.221. The Hall–Kier alpha value is -0.0800. The molecule has 84 valence electrons. The fourth-order valence-electron chi connectivity index (χ4n) is 2.42. The maximum Gasteiger partial charge on any atom is 0.00219 e. The van der Waals surface area contributed by atoms with Gasteiger partial charge in [0.05, 0.1) is 0 Å². The zero-order chi connectivity index (χ0) is 10.6. The van der Waals surface area contributed by atoms with Crippen molar-refractivity contribution in [1.29, 1.82) is 0 Å². The number of rotatable bonds is 4. The lowest BCUT2D eigenvalue weighted by atomic mass is 9.84. The summed E-state index contributed by atoms with van der Waals surface area (Å²) in [6.07, 6.45) is 4.01. The normalized spacial score (nSPS) is 21.4. The predicted octanol–water partition coefficient (Wildman–Crippen LogP) is 2.09. The van der Waals surface area contributed by atoms with Crippen molar-refractivity contribution < 1.29 is 0 Å². The van der Waals surface area contributed by atoms with Gasteiger partial charge in [-0.05, 0) is 50.2 Å². The van der Waals surface area contributed by atoms with Crippen LogP contribution < -0.4 is 5.73 Å². The standard InChI is InChI=1S/C12H26N2/c1-12(2,3)8-11(9-13)10-14-6-4-5-7-14/h11H,4-10,13H2,1-3H3. The Labute approximate surface area is 88.8 Å². The average molecular weight is 198 g/mol. The second-order valence-corrected chi connectivity index (χ2v) is 5.87. The van der Waals surface area contributed by atoms with E-state index in [1.165, 1.54) is 38.9 Å². The van der Waals surface area contributed by atoms with Gasteiger partial charge in [0, 0.05) is 6.54 Å². The van der Waals surface area contributed by atoms with Gasteiger partial charge in [-0.1, -0.05) is 20.8 Å². The van der Waals surface area contributed by atoms with Gasteiger partial charge in [0.1, 0.15) is 0 Å². The highest BCUT2D eigenvalue weighted by atomic mass is 15.1. The third-order valence-electron chi connectivity index (χ3n) is 2.95. The molecule has 1 unspecified atom stereocenters. The topological polar surface area (TPSA) is 29.3 Å². The summed E-state index contributed by atoms with van der Waals surface area (Å²) in [4.78, 5) is 2.57. The number of nitrogens with two attached hydrogens (primary N) is 1. The van der Waals surface area contributed by atoms with E-state index in [1.54, 1.807) is 0 Å². The Morgan fingerprint density at radius 1 is 1.21 bits per heavy atom. The van der Waals surface area contributed by atoms with Crippen LogP contribution in [0.5, 0.6) is 0 Å². The lowest BCUT2D eigenvalue weighted by Crippen LogP contribution is -2.33. The van der Waals surface area contributed by atoms with Crippen LogP contribution in [0.25, 0.3) is 0 Å². The first kappa shape index (κ1) is 12.0. The summed E-state index contributed by atoms with van der Waals surface area (Å²) < 4.78 is 0. The molecule has 1 saturated heterocycles. The van der Waals surface area contributed by atoms with Crippen LogP contribution in [-0.2, 0) is 0 Å². The SMILES string of the molecule is CC(C)(C)CC(CN)CN1CCCC1. The van der Waals surface area contributed by atoms with E-state index in [9.17, 15) is 0 Å². The maximum atomic E-state index is 5.83. The van der Waals surface area contributed by atoms with E-state index in [4.69, 9.17) is 5.73 Å². The molecule has 0 aromatic rings. The molecule has 0 spiro atoms. The second kappa shape index (κ2) is 5.13. The van der Waals surface area contributed by atoms with E-state index in [-0.39, 0.29) is 0 Å². The van der Waals surface area contributed by atoms with Crippen molar-refractivity contribution in [3.05, 3.63) is 0 Å². The summed E-state index contributed by atoms with van der Waals surface area (Å²) in [6, 6.07) is 0. The zero-order valence-corrected chi connectivity index (χ0v) is 10.1. The highest BCUT2D eigenvalue weighted by molar-refractivity contribution is 4.75. The van der Waals surface area contributed by atoms with Gasteiger partial charge in [0.15, 0.2) is 0 Å². The fraction of sp³-hybridized carbons (Fsp3) is 1.00. The molecule has 0 saturated carbocycles. The van der Waals surface area contributed by atoms with E-state index in [0.29, 0.717) is 11.3 Å². The van der Waals surface area contributed by atoms with Crippen molar-refractivity contribution >= 4 is 0 Å². The predicted molar refractivity (Wildman–Crippen MR) is 62.3 cm³/mol. The third kappa shape index (κ3) is 4.43. The van der Waals surface area contributed by atoms with Crippen molar-refractivity contribution in [3.63, 3.8) is 0 Å². The average Bonchev–Trinajstić information content (AvgIpc) is 2.53. The highest BCUT2D eigenvalue weighted by Gasteiger charge is 2.21. The van der Waals surface area contributed by atoms with Crippen LogP contribution in [0, 0.1) is 11.3 Å². The van der Waals surface area contributed by atoms with Gasteiger partial charge in [-0.2, -0.15) is 0 Å². The van der Waals surface area contributed by atoms with Gasteiger partial charge in [-0.3, -0.25) is 0 Å². The number of likely N-dealkylation sites (tertiary alicyclic amines) is 1. The first-order valence-corrected chi connectivity index (χ1v) is 5.94. The maximum absolute atomic E-state index is 5.83. The number of hydrogen-bond donors (Lipinski definition) is 1. The zero-order valence-electron chi connectivity index (χ0n) is 10.1. The van der Waals surface area contributed by atoms with Gasteiger partial charge < -0.3 is 10.6 Å². The summed E-state index contributed by atoms with van der Waals surface area (Å²) >= 11 is 0. The summed E-state index contributed by atoms with van der Waals surface area (Å²) in [7, 11) is 0. The summed E-state index contributed by atoms with van der Waals surface area (Å²) in [5.41, 5.74) is 6.25. The number of hydrogen-bond acceptors (Lipinski definition) is 2. The third-order valence-corrected chi connectivity index (χ3v) is 2.95. The molecular formula is C12H26N2. The van der Waals surface area contributed by atoms with Gasteiger partial charge in [0.25, 0.3) is 0 Å². The first-order chi connectivity index (χ1) is 6.51. The molecule has 1 aliphatic heterocycles. The molecule has 1 atom stereocenters. The molecule has 0 bridgehead atoms. The molecular weight excluding hydrogens is 172 g/mol. The molecule has 1 rings (SSSR count). The van der Waals surface area contributed by atoms with E-state index in [1.807, 2.05) is 0 Å². The van der Waals surface area contributed by atoms with Crippen molar-refractivity contribution in [1.82, 2.24) is 4.90 Å². The highest BCUT2D eigenvalue weighted by Crippen LogP contribution is 2.25. The lowest BCUT2D eigenvalue weighted by Gasteiger charge is -2.28. The quantitative estimate of drug-likeness (QED) is 0.749.